The first kappa shape index (κ1) is 17.3. The summed E-state index contributed by atoms with van der Waals surface area (Å²) in [5.74, 6) is -0.496. The zero-order valence-corrected chi connectivity index (χ0v) is 12.7. The maximum absolute atomic E-state index is 12.5. The van der Waals surface area contributed by atoms with E-state index in [1.807, 2.05) is 0 Å². The average Bonchev–Trinajstić information content (AvgIpc) is 3.29. The van der Waals surface area contributed by atoms with Gasteiger partial charge in [0.25, 0.3) is 0 Å². The van der Waals surface area contributed by atoms with Gasteiger partial charge in [-0.3, -0.25) is 4.79 Å². The Bertz CT molecular complexity index is 565. The largest absolute Gasteiger partial charge is 0.467 e. The van der Waals surface area contributed by atoms with Gasteiger partial charge in [0.1, 0.15) is 6.04 Å². The number of ether oxygens (including phenoxy) is 1. The van der Waals surface area contributed by atoms with Gasteiger partial charge in [0, 0.05) is 0 Å². The molecule has 0 aromatic heterocycles. The van der Waals surface area contributed by atoms with Crippen molar-refractivity contribution in [1.82, 2.24) is 5.32 Å². The van der Waals surface area contributed by atoms with Crippen LogP contribution in [0.15, 0.2) is 24.3 Å². The van der Waals surface area contributed by atoms with E-state index in [0.29, 0.717) is 17.9 Å². The first-order valence-electron chi connectivity index (χ1n) is 7.33. The van der Waals surface area contributed by atoms with E-state index in [1.54, 1.807) is 0 Å². The quantitative estimate of drug-likeness (QED) is 0.817. The predicted octanol–water partition coefficient (Wildman–Crippen LogP) is 2.71. The van der Waals surface area contributed by atoms with E-state index in [9.17, 15) is 22.8 Å². The number of rotatable bonds is 6. The van der Waals surface area contributed by atoms with Gasteiger partial charge < -0.3 is 10.1 Å². The lowest BCUT2D eigenvalue weighted by atomic mass is 10.1. The topological polar surface area (TPSA) is 55.4 Å². The van der Waals surface area contributed by atoms with E-state index in [0.717, 1.165) is 25.0 Å². The van der Waals surface area contributed by atoms with Crippen LogP contribution >= 0.6 is 0 Å². The van der Waals surface area contributed by atoms with Gasteiger partial charge in [0.2, 0.25) is 5.91 Å². The summed E-state index contributed by atoms with van der Waals surface area (Å²) in [7, 11) is 1.25. The minimum Gasteiger partial charge on any atom is -0.467 e. The minimum atomic E-state index is -4.40. The fourth-order valence-electron chi connectivity index (χ4n) is 2.29. The van der Waals surface area contributed by atoms with E-state index >= 15 is 0 Å². The first-order chi connectivity index (χ1) is 10.8. The van der Waals surface area contributed by atoms with Crippen molar-refractivity contribution in [1.29, 1.82) is 0 Å². The first-order valence-corrected chi connectivity index (χ1v) is 7.33. The number of alkyl halides is 3. The van der Waals surface area contributed by atoms with E-state index in [2.05, 4.69) is 10.1 Å². The van der Waals surface area contributed by atoms with Crippen LogP contribution in [-0.2, 0) is 26.9 Å². The Kier molecular flexibility index (Phi) is 5.28. The second-order valence-electron chi connectivity index (χ2n) is 5.69. The van der Waals surface area contributed by atoms with Gasteiger partial charge in [-0.1, -0.05) is 25.0 Å². The number of carbonyl (C=O) groups is 2. The number of carbonyl (C=O) groups excluding carboxylic acids is 2. The summed E-state index contributed by atoms with van der Waals surface area (Å²) < 4.78 is 42.1. The summed E-state index contributed by atoms with van der Waals surface area (Å²) in [6, 6.07) is 3.69. The lowest BCUT2D eigenvalue weighted by molar-refractivity contribution is -0.145. The van der Waals surface area contributed by atoms with Gasteiger partial charge in [0.05, 0.1) is 19.1 Å². The molecule has 1 saturated carbocycles. The second-order valence-corrected chi connectivity index (χ2v) is 5.69. The van der Waals surface area contributed by atoms with Gasteiger partial charge in [-0.2, -0.15) is 13.2 Å². The van der Waals surface area contributed by atoms with E-state index in [1.165, 1.54) is 19.2 Å². The number of hydrogen-bond donors (Lipinski definition) is 1. The minimum absolute atomic E-state index is 0.0870. The molecule has 0 bridgehead atoms. The van der Waals surface area contributed by atoms with Crippen LogP contribution in [0.1, 0.15) is 30.4 Å². The van der Waals surface area contributed by atoms with Crippen LogP contribution in [0.3, 0.4) is 0 Å². The molecule has 4 nitrogen and oxygen atoms in total. The standard InChI is InChI=1S/C16H18F3NO3/c1-23-15(22)13(8-10-2-3-10)20-14(21)9-11-4-6-12(7-5-11)16(17,18)19/h4-7,10,13H,2-3,8-9H2,1H3,(H,20,21)/t13-/m1/s1. The highest BCUT2D eigenvalue weighted by atomic mass is 19.4. The lowest BCUT2D eigenvalue weighted by Gasteiger charge is -2.16. The highest BCUT2D eigenvalue weighted by Crippen LogP contribution is 2.33. The Morgan fingerprint density at radius 2 is 1.87 bits per heavy atom. The zero-order chi connectivity index (χ0) is 17.0. The second kappa shape index (κ2) is 7.02. The van der Waals surface area contributed by atoms with Crippen molar-refractivity contribution in [3.05, 3.63) is 35.4 Å². The molecule has 0 radical (unpaired) electrons. The molecule has 1 N–H and O–H groups in total. The van der Waals surface area contributed by atoms with Crippen molar-refractivity contribution in [2.45, 2.75) is 37.9 Å². The van der Waals surface area contributed by atoms with Crippen molar-refractivity contribution >= 4 is 11.9 Å². The van der Waals surface area contributed by atoms with Crippen molar-refractivity contribution in [3.63, 3.8) is 0 Å². The molecule has 0 saturated heterocycles. The van der Waals surface area contributed by atoms with Crippen LogP contribution in [0.5, 0.6) is 0 Å². The molecule has 1 aromatic rings. The molecule has 23 heavy (non-hydrogen) atoms. The van der Waals surface area contributed by atoms with E-state index in [4.69, 9.17) is 0 Å². The van der Waals surface area contributed by atoms with Crippen LogP contribution < -0.4 is 5.32 Å². The number of amides is 1. The van der Waals surface area contributed by atoms with Crippen LogP contribution in [0.2, 0.25) is 0 Å². The number of esters is 1. The van der Waals surface area contributed by atoms with Crippen LogP contribution in [0.25, 0.3) is 0 Å². The maximum atomic E-state index is 12.5. The number of halogens is 3. The van der Waals surface area contributed by atoms with Gasteiger partial charge in [-0.25, -0.2) is 4.79 Å². The molecule has 1 amide bonds. The third-order valence-electron chi connectivity index (χ3n) is 3.73. The molecule has 0 heterocycles. The van der Waals surface area contributed by atoms with Crippen LogP contribution in [-0.4, -0.2) is 25.0 Å². The SMILES string of the molecule is COC(=O)[C@@H](CC1CC1)NC(=O)Cc1ccc(C(F)(F)F)cc1. The van der Waals surface area contributed by atoms with Gasteiger partial charge in [-0.05, 0) is 30.0 Å². The Morgan fingerprint density at radius 1 is 1.26 bits per heavy atom. The Hall–Kier alpha value is -2.05. The molecule has 126 valence electrons. The Labute approximate surface area is 132 Å². The molecule has 1 aliphatic rings. The number of benzene rings is 1. The molecule has 1 aromatic carbocycles. The number of hydrogen-bond acceptors (Lipinski definition) is 3. The summed E-state index contributed by atoms with van der Waals surface area (Å²) in [4.78, 5) is 23.6. The maximum Gasteiger partial charge on any atom is 0.416 e. The third-order valence-corrected chi connectivity index (χ3v) is 3.73. The molecule has 2 rings (SSSR count). The summed E-state index contributed by atoms with van der Waals surface area (Å²) >= 11 is 0. The smallest absolute Gasteiger partial charge is 0.416 e. The fraction of sp³-hybridized carbons (Fsp3) is 0.500. The molecule has 0 unspecified atom stereocenters. The predicted molar refractivity (Wildman–Crippen MR) is 76.4 cm³/mol. The van der Waals surface area contributed by atoms with Gasteiger partial charge in [0.15, 0.2) is 0 Å². The highest BCUT2D eigenvalue weighted by Gasteiger charge is 2.31. The molecule has 0 spiro atoms. The molecular formula is C16H18F3NO3. The van der Waals surface area contributed by atoms with Crippen molar-refractivity contribution in [2.24, 2.45) is 5.92 Å². The summed E-state index contributed by atoms with van der Waals surface area (Å²) in [5.41, 5.74) is -0.312. The molecule has 1 aliphatic carbocycles. The number of methoxy groups -OCH3 is 1. The number of nitrogens with one attached hydrogen (secondary N) is 1. The Balaban J connectivity index is 1.93. The van der Waals surface area contributed by atoms with E-state index in [-0.39, 0.29) is 6.42 Å². The molecule has 0 aliphatic heterocycles. The van der Waals surface area contributed by atoms with Crippen LogP contribution in [0.4, 0.5) is 13.2 Å². The van der Waals surface area contributed by atoms with Gasteiger partial charge in [-0.15, -0.1) is 0 Å². The molecule has 1 atom stereocenters. The molecule has 7 heteroatoms. The summed E-state index contributed by atoms with van der Waals surface area (Å²) in [6.45, 7) is 0. The molecule has 1 fully saturated rings. The van der Waals surface area contributed by atoms with Crippen LogP contribution in [0, 0.1) is 5.92 Å². The van der Waals surface area contributed by atoms with Crippen molar-refractivity contribution in [2.75, 3.05) is 7.11 Å². The Morgan fingerprint density at radius 3 is 2.35 bits per heavy atom. The monoisotopic (exact) mass is 329 g/mol. The van der Waals surface area contributed by atoms with Crippen molar-refractivity contribution in [3.8, 4) is 0 Å². The lowest BCUT2D eigenvalue weighted by Crippen LogP contribution is -2.42. The fourth-order valence-corrected chi connectivity index (χ4v) is 2.29. The zero-order valence-electron chi connectivity index (χ0n) is 12.7. The normalized spacial score (nSPS) is 15.8. The summed E-state index contributed by atoms with van der Waals surface area (Å²) in [5, 5.41) is 2.60. The van der Waals surface area contributed by atoms with Crippen molar-refractivity contribution < 1.29 is 27.5 Å². The van der Waals surface area contributed by atoms with Gasteiger partial charge >= 0.3 is 12.1 Å². The summed E-state index contributed by atoms with van der Waals surface area (Å²) in [6.07, 6.45) is -1.90. The van der Waals surface area contributed by atoms with E-state index < -0.39 is 29.7 Å². The third kappa shape index (κ3) is 5.26. The average molecular weight is 329 g/mol. The highest BCUT2D eigenvalue weighted by molar-refractivity contribution is 5.85. The molecular weight excluding hydrogens is 311 g/mol.